The Morgan fingerprint density at radius 3 is 2.52 bits per heavy atom. The number of hydrogen-bond acceptors (Lipinski definition) is 3. The Morgan fingerprint density at radius 1 is 1.19 bits per heavy atom. The van der Waals surface area contributed by atoms with Gasteiger partial charge in [-0.15, -0.1) is 0 Å². The number of sulfonamides is 1. The predicted molar refractivity (Wildman–Crippen MR) is 108 cm³/mol. The summed E-state index contributed by atoms with van der Waals surface area (Å²) in [7, 11) is -3.69. The highest BCUT2D eigenvalue weighted by Crippen LogP contribution is 2.54. The summed E-state index contributed by atoms with van der Waals surface area (Å²) in [5, 5.41) is 0.243. The predicted octanol–water partition coefficient (Wildman–Crippen LogP) is 4.75. The molecule has 0 radical (unpaired) electrons. The number of allylic oxidation sites excluding steroid dienone is 4. The molecule has 1 saturated heterocycles. The van der Waals surface area contributed by atoms with Crippen LogP contribution in [0.3, 0.4) is 0 Å². The fourth-order valence-corrected chi connectivity index (χ4v) is 6.49. The molecule has 0 saturated carbocycles. The summed E-state index contributed by atoms with van der Waals surface area (Å²) in [6.45, 7) is 7.87. The third-order valence-electron chi connectivity index (χ3n) is 5.71. The summed E-state index contributed by atoms with van der Waals surface area (Å²) in [5.41, 5.74) is -0.0743. The lowest BCUT2D eigenvalue weighted by Gasteiger charge is -2.20. The molecule has 0 spiro atoms. The van der Waals surface area contributed by atoms with Crippen molar-refractivity contribution < 1.29 is 13.2 Å². The van der Waals surface area contributed by atoms with Crippen molar-refractivity contribution in [3.8, 4) is 0 Å². The average molecular weight is 408 g/mol. The van der Waals surface area contributed by atoms with Crippen molar-refractivity contribution in [2.75, 3.05) is 0 Å². The molecule has 146 valence electrons. The van der Waals surface area contributed by atoms with Crippen LogP contribution in [0, 0.1) is 5.41 Å². The number of fused-ring (bicyclic) bond motifs is 1. The zero-order valence-electron chi connectivity index (χ0n) is 16.2. The third-order valence-corrected chi connectivity index (χ3v) is 8.25. The number of ketones is 1. The molecular formula is C21H26ClNO3S. The van der Waals surface area contributed by atoms with Crippen LogP contribution in [0.1, 0.15) is 47.0 Å². The second-order valence-corrected chi connectivity index (χ2v) is 10.6. The van der Waals surface area contributed by atoms with Gasteiger partial charge >= 0.3 is 0 Å². The first kappa shape index (κ1) is 20.3. The van der Waals surface area contributed by atoms with Gasteiger partial charge < -0.3 is 0 Å². The largest absolute Gasteiger partial charge is 0.290 e. The SMILES string of the molecule is C/C1=C\CC[C@@]2(C)[C@@H](CC(C)(C)/C=C/C1=O)N2S(=O)(=O)c1ccccc1Cl. The smallest absolute Gasteiger partial charge is 0.245 e. The molecule has 1 aliphatic heterocycles. The maximum Gasteiger partial charge on any atom is 0.245 e. The van der Waals surface area contributed by atoms with E-state index in [2.05, 4.69) is 0 Å². The van der Waals surface area contributed by atoms with Crippen LogP contribution in [0.4, 0.5) is 0 Å². The highest BCUT2D eigenvalue weighted by atomic mass is 35.5. The number of carbonyl (C=O) groups is 1. The summed E-state index contributed by atoms with van der Waals surface area (Å²) >= 11 is 6.19. The molecule has 0 aromatic heterocycles. The van der Waals surface area contributed by atoms with Crippen molar-refractivity contribution in [3.05, 3.63) is 53.1 Å². The Kier molecular flexibility index (Phi) is 5.17. The Hall–Kier alpha value is -1.43. The lowest BCUT2D eigenvalue weighted by Crippen LogP contribution is -2.21. The van der Waals surface area contributed by atoms with Crippen molar-refractivity contribution in [2.45, 2.75) is 63.4 Å². The topological polar surface area (TPSA) is 54.2 Å². The minimum Gasteiger partial charge on any atom is -0.290 e. The van der Waals surface area contributed by atoms with Gasteiger partial charge in [0.25, 0.3) is 0 Å². The maximum atomic E-state index is 13.3. The molecule has 3 atom stereocenters. The lowest BCUT2D eigenvalue weighted by atomic mass is 9.84. The van der Waals surface area contributed by atoms with E-state index >= 15 is 0 Å². The Morgan fingerprint density at radius 2 is 1.85 bits per heavy atom. The zero-order valence-corrected chi connectivity index (χ0v) is 17.8. The van der Waals surface area contributed by atoms with Crippen LogP contribution in [-0.4, -0.2) is 30.1 Å². The molecule has 3 rings (SSSR count). The summed E-state index contributed by atoms with van der Waals surface area (Å²) in [5.74, 6) is 0.0179. The molecule has 1 aromatic carbocycles. The normalized spacial score (nSPS) is 34.0. The number of hydrogen-bond donors (Lipinski definition) is 0. The minimum atomic E-state index is -3.69. The summed E-state index contributed by atoms with van der Waals surface area (Å²) in [4.78, 5) is 12.3. The van der Waals surface area contributed by atoms with Gasteiger partial charge in [-0.05, 0) is 62.3 Å². The lowest BCUT2D eigenvalue weighted by molar-refractivity contribution is -0.111. The van der Waals surface area contributed by atoms with Gasteiger partial charge in [0.2, 0.25) is 10.0 Å². The van der Waals surface area contributed by atoms with Crippen molar-refractivity contribution in [1.82, 2.24) is 4.31 Å². The second kappa shape index (κ2) is 6.87. The van der Waals surface area contributed by atoms with E-state index in [4.69, 9.17) is 11.6 Å². The molecule has 4 nitrogen and oxygen atoms in total. The molecule has 27 heavy (non-hydrogen) atoms. The highest BCUT2D eigenvalue weighted by Gasteiger charge is 2.65. The number of carbonyl (C=O) groups excluding carboxylic acids is 1. The second-order valence-electron chi connectivity index (χ2n) is 8.42. The van der Waals surface area contributed by atoms with Gasteiger partial charge in [-0.25, -0.2) is 8.42 Å². The van der Waals surface area contributed by atoms with Crippen molar-refractivity contribution in [1.29, 1.82) is 0 Å². The number of halogens is 1. The van der Waals surface area contributed by atoms with Crippen LogP contribution in [0.15, 0.2) is 53.0 Å². The Balaban J connectivity index is 2.00. The van der Waals surface area contributed by atoms with Crippen LogP contribution >= 0.6 is 11.6 Å². The third kappa shape index (κ3) is 3.78. The molecule has 0 N–H and O–H groups in total. The molecule has 1 unspecified atom stereocenters. The monoisotopic (exact) mass is 407 g/mol. The molecule has 0 bridgehead atoms. The van der Waals surface area contributed by atoms with Gasteiger partial charge in [0, 0.05) is 6.04 Å². The van der Waals surface area contributed by atoms with E-state index in [0.29, 0.717) is 24.8 Å². The number of nitrogens with zero attached hydrogens (tertiary/aromatic N) is 1. The summed E-state index contributed by atoms with van der Waals surface area (Å²) in [6.07, 6.45) is 7.40. The first-order chi connectivity index (χ1) is 12.5. The Bertz CT molecular complexity index is 933. The van der Waals surface area contributed by atoms with E-state index in [9.17, 15) is 13.2 Å². The van der Waals surface area contributed by atoms with Gasteiger partial charge in [-0.2, -0.15) is 4.31 Å². The molecular weight excluding hydrogens is 382 g/mol. The van der Waals surface area contributed by atoms with Crippen molar-refractivity contribution in [3.63, 3.8) is 0 Å². The Labute approximate surface area is 167 Å². The molecule has 1 aliphatic carbocycles. The van der Waals surface area contributed by atoms with Gasteiger partial charge in [-0.3, -0.25) is 4.79 Å². The first-order valence-corrected chi connectivity index (χ1v) is 11.0. The molecule has 6 heteroatoms. The van der Waals surface area contributed by atoms with E-state index in [1.165, 1.54) is 0 Å². The molecule has 1 aromatic rings. The molecule has 1 fully saturated rings. The van der Waals surface area contributed by atoms with Crippen LogP contribution in [0.25, 0.3) is 0 Å². The zero-order chi connectivity index (χ0) is 20.0. The van der Waals surface area contributed by atoms with Crippen molar-refractivity contribution >= 4 is 27.4 Å². The molecule has 1 heterocycles. The highest BCUT2D eigenvalue weighted by molar-refractivity contribution is 7.89. The number of rotatable bonds is 2. The minimum absolute atomic E-state index is 0.0179. The van der Waals surface area contributed by atoms with E-state index in [-0.39, 0.29) is 27.2 Å². The van der Waals surface area contributed by atoms with Gasteiger partial charge in [0.15, 0.2) is 5.78 Å². The maximum absolute atomic E-state index is 13.3. The average Bonchev–Trinajstić information content (AvgIpc) is 3.15. The fourth-order valence-electron chi connectivity index (χ4n) is 3.93. The van der Waals surface area contributed by atoms with E-state index in [0.717, 1.165) is 0 Å². The summed E-state index contributed by atoms with van der Waals surface area (Å²) in [6, 6.07) is 6.46. The number of benzene rings is 1. The van der Waals surface area contributed by atoms with Gasteiger partial charge in [-0.1, -0.05) is 49.7 Å². The molecule has 0 amide bonds. The van der Waals surface area contributed by atoms with E-state index in [1.54, 1.807) is 34.6 Å². The first-order valence-electron chi connectivity index (χ1n) is 9.18. The van der Waals surface area contributed by atoms with Gasteiger partial charge in [0.05, 0.1) is 10.6 Å². The van der Waals surface area contributed by atoms with Crippen molar-refractivity contribution in [2.24, 2.45) is 5.41 Å². The quantitative estimate of drug-likeness (QED) is 0.664. The van der Waals surface area contributed by atoms with Crippen LogP contribution < -0.4 is 0 Å². The van der Waals surface area contributed by atoms with Crippen LogP contribution in [-0.2, 0) is 14.8 Å². The van der Waals surface area contributed by atoms with E-state index < -0.39 is 15.6 Å². The summed E-state index contributed by atoms with van der Waals surface area (Å²) < 4.78 is 28.3. The van der Waals surface area contributed by atoms with E-state index in [1.807, 2.05) is 39.8 Å². The fraction of sp³-hybridized carbons (Fsp3) is 0.476. The van der Waals surface area contributed by atoms with Crippen LogP contribution in [0.5, 0.6) is 0 Å². The van der Waals surface area contributed by atoms with Crippen LogP contribution in [0.2, 0.25) is 5.02 Å². The van der Waals surface area contributed by atoms with Gasteiger partial charge in [0.1, 0.15) is 4.90 Å². The molecule has 2 aliphatic rings. The standard InChI is InChI=1S/C21H26ClNO3S/c1-15-8-7-12-21(4)19(14-20(2,3)13-11-17(15)24)23(21)27(25,26)18-10-6-5-9-16(18)22/h5-6,8-11,13,19H,7,12,14H2,1-4H3/b13-11+,15-8+/t19-,21+,23?/m1/s1.